The summed E-state index contributed by atoms with van der Waals surface area (Å²) in [7, 11) is 56.7. The summed E-state index contributed by atoms with van der Waals surface area (Å²) in [6.07, 6.45) is 9.89. The minimum absolute atomic E-state index is 0.0146. The second kappa shape index (κ2) is 30.5. The minimum Gasteiger partial charge on any atom is -0.457 e. The SMILES string of the molecule is CC(F)(F)C(=O)OC1C2CC3CC1CC(C(=O)OCC(=O)OC14CC5CC(CC(O)(C5)C1)C4)(C3)C2.O=C(COC(=O)C12CC3CC(C1)C(O)C(C3)C2)OC12CC3CC(CC(O)(C3)C1)C2.[B]B([B])B(B([B])[B])B(B([B])[B])B(B([B])[B])B([B])[B].c1ccc([S+](c2ccccc2)c2ccccc2)cc1. The highest BCUT2D eigenvalue weighted by atomic mass is 32.2. The van der Waals surface area contributed by atoms with Crippen molar-refractivity contribution in [3.63, 3.8) is 0 Å². The Morgan fingerprint density at radius 2 is 0.772 bits per heavy atom. The largest absolute Gasteiger partial charge is 0.457 e. The summed E-state index contributed by atoms with van der Waals surface area (Å²) in [6.45, 7) is -0.262. The Labute approximate surface area is 614 Å². The predicted molar refractivity (Wildman–Crippen MR) is 402 cm³/mol. The molecule has 0 heterocycles. The molecule has 16 saturated carbocycles. The van der Waals surface area contributed by atoms with E-state index in [4.69, 9.17) is 101 Å². The lowest BCUT2D eigenvalue weighted by atomic mass is 8.41. The van der Waals surface area contributed by atoms with E-state index in [1.54, 1.807) is 0 Å². The second-order valence-corrected chi connectivity index (χ2v) is 35.5. The maximum atomic E-state index is 13.4. The number of halogens is 2. The summed E-state index contributed by atoms with van der Waals surface area (Å²) >= 11 is 0. The number of esters is 5. The number of rotatable bonds is 20. The Morgan fingerprint density at radius 1 is 0.455 bits per heavy atom. The summed E-state index contributed by atoms with van der Waals surface area (Å²) in [5.41, 5.74) is -3.91. The maximum absolute atomic E-state index is 13.4. The summed E-state index contributed by atoms with van der Waals surface area (Å²) in [5.74, 6) is -4.34. The van der Waals surface area contributed by atoms with Gasteiger partial charge in [0.05, 0.1) is 39.0 Å². The van der Waals surface area contributed by atoms with Gasteiger partial charge in [0, 0.05) is 148 Å². The molecule has 500 valence electrons. The van der Waals surface area contributed by atoms with Crippen molar-refractivity contribution in [1.82, 2.24) is 0 Å². The van der Waals surface area contributed by atoms with E-state index in [2.05, 4.69) is 91.0 Å². The molecule has 0 aliphatic heterocycles. The van der Waals surface area contributed by atoms with Crippen LogP contribution in [0.1, 0.15) is 148 Å². The first-order valence-electron chi connectivity index (χ1n) is 36.6. The minimum atomic E-state index is -3.54. The van der Waals surface area contributed by atoms with Crippen molar-refractivity contribution in [3.8, 4) is 0 Å². The molecule has 0 spiro atoms. The first-order valence-corrected chi connectivity index (χ1v) is 37.9. The summed E-state index contributed by atoms with van der Waals surface area (Å²) in [4.78, 5) is 67.4. The normalized spacial score (nSPS) is 35.4. The third-order valence-electron chi connectivity index (χ3n) is 25.2. The lowest BCUT2D eigenvalue weighted by Gasteiger charge is -2.59. The fourth-order valence-corrected chi connectivity index (χ4v) is 25.0. The fourth-order valence-electron chi connectivity index (χ4n) is 22.9. The molecular formula is C67H81B18F2O13S+. The van der Waals surface area contributed by atoms with Gasteiger partial charge in [-0.2, -0.15) is 8.78 Å². The number of carbonyl (C=O) groups is 5. The topological polar surface area (TPSA) is 192 Å². The van der Waals surface area contributed by atoms with E-state index in [0.29, 0.717) is 81.5 Å². The highest BCUT2D eigenvalue weighted by Gasteiger charge is 2.64. The van der Waals surface area contributed by atoms with Crippen LogP contribution in [0, 0.1) is 70.0 Å². The third kappa shape index (κ3) is 17.0. The van der Waals surface area contributed by atoms with Crippen molar-refractivity contribution in [3.05, 3.63) is 91.0 Å². The molecule has 0 amide bonds. The number of ether oxygens (including phenoxy) is 5. The van der Waals surface area contributed by atoms with Gasteiger partial charge in [0.2, 0.25) is 0 Å². The van der Waals surface area contributed by atoms with E-state index in [1.807, 2.05) is 0 Å². The number of aliphatic hydroxyl groups is 3. The Hall–Kier alpha value is -3.73. The van der Waals surface area contributed by atoms with E-state index >= 15 is 0 Å². The number of carbonyl (C=O) groups excluding carboxylic acids is 5. The lowest BCUT2D eigenvalue weighted by Crippen LogP contribution is -2.78. The summed E-state index contributed by atoms with van der Waals surface area (Å²) < 4.78 is 54.8. The van der Waals surface area contributed by atoms with Crippen molar-refractivity contribution in [2.75, 3.05) is 13.2 Å². The Bertz CT molecular complexity index is 3240. The van der Waals surface area contributed by atoms with Crippen LogP contribution in [-0.4, -0.2) is 227 Å². The van der Waals surface area contributed by atoms with Crippen LogP contribution in [0.5, 0.6) is 0 Å². The molecule has 8 atom stereocenters. The van der Waals surface area contributed by atoms with Crippen molar-refractivity contribution in [1.29, 1.82) is 0 Å². The van der Waals surface area contributed by atoms with Gasteiger partial charge in [-0.05, 0) is 224 Å². The van der Waals surface area contributed by atoms with Crippen molar-refractivity contribution < 1.29 is 71.8 Å². The smallest absolute Gasteiger partial charge is 0.376 e. The van der Waals surface area contributed by atoms with E-state index in [0.717, 1.165) is 96.3 Å². The van der Waals surface area contributed by atoms with Crippen LogP contribution in [0.4, 0.5) is 8.78 Å². The van der Waals surface area contributed by atoms with Crippen LogP contribution in [0.25, 0.3) is 0 Å². The van der Waals surface area contributed by atoms with Gasteiger partial charge in [-0.1, -0.05) is 54.6 Å². The highest BCUT2D eigenvalue weighted by molar-refractivity contribution is 8.17. The van der Waals surface area contributed by atoms with Crippen LogP contribution in [-0.2, 0) is 58.6 Å². The highest BCUT2D eigenvalue weighted by Crippen LogP contribution is 2.64. The Morgan fingerprint density at radius 3 is 1.08 bits per heavy atom. The molecule has 16 bridgehead atoms. The fraction of sp³-hybridized carbons (Fsp3) is 0.657. The zero-order chi connectivity index (χ0) is 72.4. The van der Waals surface area contributed by atoms with Crippen molar-refractivity contribution in [2.24, 2.45) is 70.0 Å². The van der Waals surface area contributed by atoms with Gasteiger partial charge in [-0.25, -0.2) is 14.4 Å². The standard InChI is InChI=1S/C26H34F2O7.C23H32O6.C18H15S.B18/c1-23(27,28)21(30)34-20-17-3-14-4-18(20)11-24(5-14,10-17)22(31)33-12-19(29)35-26-8-15-2-16(9-26)7-25(32,6-15)13-26;24-18(29-23-7-14-1-15(8-23)6-22(27,5-14)12-23)11-28-20(26)21-4-13-2-16(9-21)19(25)17(3-13)10-21;1-4-10-16(11-5-1)19(17-12-6-2-7-13-17)18-14-8-3-9-15-18;1-11(2)16(12(3)4)18(15(9)10)17(13(5)6)14(7)8/h14-18,20,32H,2-13H2,1H3;13-17,19,25,27H,1-12H2;1-15H;/q;;+1;. The molecular weight excluding hydrogens is 1280 g/mol. The molecule has 16 aliphatic carbocycles. The number of aliphatic hydroxyl groups excluding tert-OH is 1. The average Bonchev–Trinajstić information content (AvgIpc) is 0.747. The molecule has 34 heteroatoms. The van der Waals surface area contributed by atoms with Gasteiger partial charge in [-0.15, -0.1) is 0 Å². The van der Waals surface area contributed by atoms with Crippen molar-refractivity contribution >= 4 is 169 Å². The first kappa shape index (κ1) is 76.9. The van der Waals surface area contributed by atoms with Crippen LogP contribution < -0.4 is 0 Å². The molecule has 13 nitrogen and oxygen atoms in total. The molecule has 0 aromatic heterocycles. The summed E-state index contributed by atoms with van der Waals surface area (Å²) in [6, 6.07) is 32.2. The van der Waals surface area contributed by atoms with Crippen LogP contribution >= 0.6 is 0 Å². The molecule has 3 aromatic rings. The van der Waals surface area contributed by atoms with E-state index in [1.165, 1.54) is 14.7 Å². The zero-order valence-corrected chi connectivity index (χ0v) is 58.9. The number of hydrogen-bond donors (Lipinski definition) is 3. The molecule has 16 aliphatic rings. The van der Waals surface area contributed by atoms with E-state index < -0.39 is 127 Å². The molecule has 3 N–H and O–H groups in total. The van der Waals surface area contributed by atoms with Gasteiger partial charge in [-0.3, -0.25) is 9.59 Å². The zero-order valence-electron chi connectivity index (χ0n) is 58.0. The monoisotopic (exact) mass is 1360 g/mol. The Balaban J connectivity index is 0.000000133. The van der Waals surface area contributed by atoms with Gasteiger partial charge in [0.25, 0.3) is 0 Å². The van der Waals surface area contributed by atoms with Gasteiger partial charge in [0.1, 0.15) is 17.3 Å². The number of hydrogen-bond acceptors (Lipinski definition) is 13. The van der Waals surface area contributed by atoms with E-state index in [-0.39, 0.29) is 59.2 Å². The van der Waals surface area contributed by atoms with Gasteiger partial charge in [0.15, 0.2) is 27.9 Å². The van der Waals surface area contributed by atoms with Crippen molar-refractivity contribution in [2.45, 2.75) is 203 Å². The van der Waals surface area contributed by atoms with E-state index in [9.17, 15) is 48.1 Å². The lowest BCUT2D eigenvalue weighted by molar-refractivity contribution is -0.225. The molecule has 3 aromatic carbocycles. The Kier molecular flexibility index (Phi) is 23.2. The molecule has 0 saturated heterocycles. The van der Waals surface area contributed by atoms with Gasteiger partial charge >= 0.3 is 35.8 Å². The molecule has 8 unspecified atom stereocenters. The number of benzene rings is 3. The molecule has 19 rings (SSSR count). The van der Waals surface area contributed by atoms with Gasteiger partial charge < -0.3 is 39.0 Å². The summed E-state index contributed by atoms with van der Waals surface area (Å²) in [5, 5.41) is 32.1. The maximum Gasteiger partial charge on any atom is 0.376 e. The third-order valence-corrected chi connectivity index (χ3v) is 27.4. The van der Waals surface area contributed by atoms with Crippen LogP contribution in [0.15, 0.2) is 106 Å². The first-order chi connectivity index (χ1) is 47.7. The number of alkyl halides is 2. The second-order valence-electron chi connectivity index (χ2n) is 33.5. The average molecular weight is 1360 g/mol. The molecule has 20 radical (unpaired) electrons. The van der Waals surface area contributed by atoms with Crippen LogP contribution in [0.2, 0.25) is 0 Å². The molecule has 101 heavy (non-hydrogen) atoms. The predicted octanol–water partition coefficient (Wildman–Crippen LogP) is 3.82. The molecule has 16 fully saturated rings. The van der Waals surface area contributed by atoms with Crippen LogP contribution in [0.3, 0.4) is 0 Å². The quantitative estimate of drug-likeness (QED) is 0.0642.